The van der Waals surface area contributed by atoms with Crippen LogP contribution >= 0.6 is 0 Å². The van der Waals surface area contributed by atoms with Crippen molar-refractivity contribution in [2.75, 3.05) is 25.1 Å². The molecule has 5 nitrogen and oxygen atoms in total. The monoisotopic (exact) mass is 262 g/mol. The highest BCUT2D eigenvalue weighted by molar-refractivity contribution is 5.95. The highest BCUT2D eigenvalue weighted by atomic mass is 16.5. The fourth-order valence-corrected chi connectivity index (χ4v) is 2.40. The van der Waals surface area contributed by atoms with Crippen molar-refractivity contribution in [2.45, 2.75) is 25.4 Å². The summed E-state index contributed by atoms with van der Waals surface area (Å²) in [6.45, 7) is 2.53. The Morgan fingerprint density at radius 1 is 1.42 bits per heavy atom. The topological polar surface area (TPSA) is 59.6 Å². The molecule has 2 heterocycles. The van der Waals surface area contributed by atoms with Gasteiger partial charge in [-0.15, -0.1) is 0 Å². The highest BCUT2D eigenvalue weighted by Crippen LogP contribution is 2.28. The third-order valence-electron chi connectivity index (χ3n) is 3.43. The van der Waals surface area contributed by atoms with Crippen molar-refractivity contribution in [1.82, 2.24) is 5.32 Å². The van der Waals surface area contributed by atoms with Gasteiger partial charge in [-0.2, -0.15) is 0 Å². The van der Waals surface area contributed by atoms with E-state index in [9.17, 15) is 4.79 Å². The summed E-state index contributed by atoms with van der Waals surface area (Å²) < 4.78 is 10.8. The number of carbonyl (C=O) groups is 1. The summed E-state index contributed by atoms with van der Waals surface area (Å²) in [6.07, 6.45) is 2.27. The second kappa shape index (κ2) is 5.59. The summed E-state index contributed by atoms with van der Waals surface area (Å²) in [7, 11) is 0. The standard InChI is InChI=1S/C14H18N2O3/c17-14-9-19-13-4-3-10(6-12(13)16-14)7-15-11-2-1-5-18-8-11/h3-4,6,11,15H,1-2,5,7-9H2,(H,16,17). The molecule has 2 aliphatic heterocycles. The lowest BCUT2D eigenvalue weighted by atomic mass is 10.1. The van der Waals surface area contributed by atoms with Gasteiger partial charge in [0.25, 0.3) is 5.91 Å². The molecule has 0 radical (unpaired) electrons. The SMILES string of the molecule is O=C1COc2ccc(CNC3CCCOC3)cc2N1. The van der Waals surface area contributed by atoms with E-state index in [1.807, 2.05) is 18.2 Å². The highest BCUT2D eigenvalue weighted by Gasteiger charge is 2.17. The molecule has 102 valence electrons. The second-order valence-corrected chi connectivity index (χ2v) is 4.96. The second-order valence-electron chi connectivity index (χ2n) is 4.96. The van der Waals surface area contributed by atoms with Crippen molar-refractivity contribution in [3.63, 3.8) is 0 Å². The minimum Gasteiger partial charge on any atom is -0.482 e. The molecule has 2 aliphatic rings. The maximum absolute atomic E-state index is 11.3. The van der Waals surface area contributed by atoms with E-state index in [-0.39, 0.29) is 12.5 Å². The van der Waals surface area contributed by atoms with Gasteiger partial charge in [-0.25, -0.2) is 0 Å². The zero-order valence-corrected chi connectivity index (χ0v) is 10.8. The number of anilines is 1. The van der Waals surface area contributed by atoms with Crippen LogP contribution in [0.25, 0.3) is 0 Å². The van der Waals surface area contributed by atoms with Crippen LogP contribution in [0.3, 0.4) is 0 Å². The van der Waals surface area contributed by atoms with Gasteiger partial charge in [0.1, 0.15) is 5.75 Å². The number of carbonyl (C=O) groups excluding carboxylic acids is 1. The lowest BCUT2D eigenvalue weighted by Crippen LogP contribution is -2.36. The zero-order valence-electron chi connectivity index (χ0n) is 10.8. The first kappa shape index (κ1) is 12.4. The van der Waals surface area contributed by atoms with Crippen LogP contribution in [0.1, 0.15) is 18.4 Å². The molecule has 0 saturated carbocycles. The Hall–Kier alpha value is -1.59. The summed E-state index contributed by atoms with van der Waals surface area (Å²) in [5.74, 6) is 0.641. The van der Waals surface area contributed by atoms with Crippen LogP contribution in [0.2, 0.25) is 0 Å². The normalized spacial score (nSPS) is 22.3. The summed E-state index contributed by atoms with van der Waals surface area (Å²) in [5, 5.41) is 6.30. The van der Waals surface area contributed by atoms with E-state index in [0.717, 1.165) is 49.6 Å². The van der Waals surface area contributed by atoms with Crippen LogP contribution < -0.4 is 15.4 Å². The third kappa shape index (κ3) is 3.05. The van der Waals surface area contributed by atoms with Gasteiger partial charge in [-0.1, -0.05) is 6.07 Å². The summed E-state index contributed by atoms with van der Waals surface area (Å²) in [5.41, 5.74) is 1.89. The minimum atomic E-state index is -0.0988. The van der Waals surface area contributed by atoms with Crippen LogP contribution in [0.4, 0.5) is 5.69 Å². The van der Waals surface area contributed by atoms with Crippen molar-refractivity contribution in [2.24, 2.45) is 0 Å². The zero-order chi connectivity index (χ0) is 13.1. The van der Waals surface area contributed by atoms with Gasteiger partial charge >= 0.3 is 0 Å². The fourth-order valence-electron chi connectivity index (χ4n) is 2.40. The Morgan fingerprint density at radius 2 is 2.37 bits per heavy atom. The Bertz CT molecular complexity index is 470. The maximum atomic E-state index is 11.3. The van der Waals surface area contributed by atoms with E-state index >= 15 is 0 Å². The summed E-state index contributed by atoms with van der Waals surface area (Å²) in [6, 6.07) is 6.31. The summed E-state index contributed by atoms with van der Waals surface area (Å²) >= 11 is 0. The fraction of sp³-hybridized carbons (Fsp3) is 0.500. The Labute approximate surface area is 112 Å². The van der Waals surface area contributed by atoms with E-state index in [1.54, 1.807) is 0 Å². The van der Waals surface area contributed by atoms with Gasteiger partial charge in [-0.05, 0) is 30.5 Å². The average molecular weight is 262 g/mol. The number of hydrogen-bond donors (Lipinski definition) is 2. The molecule has 1 aromatic rings. The van der Waals surface area contributed by atoms with Gasteiger partial charge in [0, 0.05) is 19.2 Å². The molecule has 0 aromatic heterocycles. The lowest BCUT2D eigenvalue weighted by Gasteiger charge is -2.24. The average Bonchev–Trinajstić information content (AvgIpc) is 2.46. The number of benzene rings is 1. The molecule has 1 aromatic carbocycles. The lowest BCUT2D eigenvalue weighted by molar-refractivity contribution is -0.118. The third-order valence-corrected chi connectivity index (χ3v) is 3.43. The summed E-state index contributed by atoms with van der Waals surface area (Å²) in [4.78, 5) is 11.3. The predicted molar refractivity (Wildman–Crippen MR) is 71.2 cm³/mol. The van der Waals surface area contributed by atoms with Gasteiger partial charge in [-0.3, -0.25) is 4.79 Å². The molecule has 5 heteroatoms. The molecular formula is C14H18N2O3. The Kier molecular flexibility index (Phi) is 3.66. The molecule has 3 rings (SSSR count). The van der Waals surface area contributed by atoms with Crippen LogP contribution in [0, 0.1) is 0 Å². The number of fused-ring (bicyclic) bond motifs is 1. The maximum Gasteiger partial charge on any atom is 0.262 e. The van der Waals surface area contributed by atoms with Crippen molar-refractivity contribution in [3.8, 4) is 5.75 Å². The molecule has 1 fully saturated rings. The number of ether oxygens (including phenoxy) is 2. The van der Waals surface area contributed by atoms with Gasteiger partial charge in [0.2, 0.25) is 0 Å². The first-order chi connectivity index (χ1) is 9.31. The van der Waals surface area contributed by atoms with Crippen LogP contribution in [-0.4, -0.2) is 31.8 Å². The van der Waals surface area contributed by atoms with Crippen LogP contribution in [0.5, 0.6) is 5.75 Å². The van der Waals surface area contributed by atoms with E-state index in [0.29, 0.717) is 6.04 Å². The number of rotatable bonds is 3. The van der Waals surface area contributed by atoms with Crippen molar-refractivity contribution >= 4 is 11.6 Å². The van der Waals surface area contributed by atoms with Crippen LogP contribution in [0.15, 0.2) is 18.2 Å². The van der Waals surface area contributed by atoms with Gasteiger partial charge < -0.3 is 20.1 Å². The molecule has 0 bridgehead atoms. The predicted octanol–water partition coefficient (Wildman–Crippen LogP) is 1.29. The number of nitrogens with one attached hydrogen (secondary N) is 2. The Balaban J connectivity index is 1.61. The number of amides is 1. The van der Waals surface area contributed by atoms with E-state index < -0.39 is 0 Å². The quantitative estimate of drug-likeness (QED) is 0.861. The Morgan fingerprint density at radius 3 is 3.21 bits per heavy atom. The molecule has 1 saturated heterocycles. The smallest absolute Gasteiger partial charge is 0.262 e. The van der Waals surface area contributed by atoms with Crippen molar-refractivity contribution in [3.05, 3.63) is 23.8 Å². The van der Waals surface area contributed by atoms with Crippen LogP contribution in [-0.2, 0) is 16.1 Å². The van der Waals surface area contributed by atoms with Crippen molar-refractivity contribution in [1.29, 1.82) is 0 Å². The molecule has 19 heavy (non-hydrogen) atoms. The minimum absolute atomic E-state index is 0.0988. The van der Waals surface area contributed by atoms with E-state index in [4.69, 9.17) is 9.47 Å². The molecule has 1 atom stereocenters. The molecule has 2 N–H and O–H groups in total. The number of hydrogen-bond acceptors (Lipinski definition) is 4. The molecule has 1 unspecified atom stereocenters. The van der Waals surface area contributed by atoms with Gasteiger partial charge in [0.05, 0.1) is 12.3 Å². The first-order valence-electron chi connectivity index (χ1n) is 6.68. The van der Waals surface area contributed by atoms with E-state index in [1.165, 1.54) is 0 Å². The largest absolute Gasteiger partial charge is 0.482 e. The van der Waals surface area contributed by atoms with Gasteiger partial charge in [0.15, 0.2) is 6.61 Å². The van der Waals surface area contributed by atoms with Crippen molar-refractivity contribution < 1.29 is 14.3 Å². The molecule has 0 aliphatic carbocycles. The molecule has 1 amide bonds. The molecular weight excluding hydrogens is 244 g/mol. The first-order valence-corrected chi connectivity index (χ1v) is 6.68. The van der Waals surface area contributed by atoms with E-state index in [2.05, 4.69) is 10.6 Å². The molecule has 0 spiro atoms.